The maximum atomic E-state index is 12.2. The predicted molar refractivity (Wildman–Crippen MR) is 88.4 cm³/mol. The highest BCUT2D eigenvalue weighted by atomic mass is 16.2. The fourth-order valence-corrected chi connectivity index (χ4v) is 2.31. The van der Waals surface area contributed by atoms with E-state index in [2.05, 4.69) is 15.7 Å². The molecule has 2 amide bonds. The van der Waals surface area contributed by atoms with E-state index in [1.807, 2.05) is 32.0 Å². The van der Waals surface area contributed by atoms with Gasteiger partial charge in [-0.2, -0.15) is 5.10 Å². The summed E-state index contributed by atoms with van der Waals surface area (Å²) in [5.41, 5.74) is 2.88. The van der Waals surface area contributed by atoms with Gasteiger partial charge in [0, 0.05) is 31.4 Å². The number of rotatable bonds is 5. The smallest absolute Gasteiger partial charge is 0.255 e. The molecule has 0 aliphatic rings. The Kier molecular flexibility index (Phi) is 5.16. The third kappa shape index (κ3) is 4.42. The van der Waals surface area contributed by atoms with Gasteiger partial charge in [-0.25, -0.2) is 0 Å². The van der Waals surface area contributed by atoms with Crippen LogP contribution in [0.2, 0.25) is 0 Å². The second kappa shape index (κ2) is 7.09. The number of hydrogen-bond donors (Lipinski definition) is 2. The van der Waals surface area contributed by atoms with E-state index in [0.29, 0.717) is 23.4 Å². The van der Waals surface area contributed by atoms with Gasteiger partial charge in [0.25, 0.3) is 11.8 Å². The van der Waals surface area contributed by atoms with Crippen LogP contribution < -0.4 is 10.6 Å². The molecule has 23 heavy (non-hydrogen) atoms. The molecule has 0 saturated heterocycles. The molecule has 2 aromatic rings. The van der Waals surface area contributed by atoms with Crippen molar-refractivity contribution in [2.75, 3.05) is 6.54 Å². The Labute approximate surface area is 135 Å². The highest BCUT2D eigenvalue weighted by Gasteiger charge is 2.15. The Morgan fingerprint density at radius 3 is 2.61 bits per heavy atom. The van der Waals surface area contributed by atoms with Gasteiger partial charge >= 0.3 is 0 Å². The highest BCUT2D eigenvalue weighted by molar-refractivity contribution is 5.96. The van der Waals surface area contributed by atoms with Crippen molar-refractivity contribution < 1.29 is 9.59 Å². The number of carbonyl (C=O) groups excluding carboxylic acids is 2. The Bertz CT molecular complexity index is 721. The molecule has 0 aliphatic carbocycles. The molecule has 122 valence electrons. The van der Waals surface area contributed by atoms with Crippen molar-refractivity contribution in [1.29, 1.82) is 0 Å². The molecule has 1 unspecified atom stereocenters. The minimum absolute atomic E-state index is 0.146. The maximum absolute atomic E-state index is 12.2. The number of hydrogen-bond acceptors (Lipinski definition) is 3. The van der Waals surface area contributed by atoms with Gasteiger partial charge in [-0.3, -0.25) is 14.3 Å². The van der Waals surface area contributed by atoms with Crippen LogP contribution in [-0.4, -0.2) is 34.2 Å². The molecule has 0 radical (unpaired) electrons. The Hall–Kier alpha value is -2.63. The summed E-state index contributed by atoms with van der Waals surface area (Å²) in [6.45, 7) is 5.94. The van der Waals surface area contributed by atoms with Crippen molar-refractivity contribution in [2.24, 2.45) is 7.05 Å². The summed E-state index contributed by atoms with van der Waals surface area (Å²) in [6, 6.07) is 7.20. The fourth-order valence-electron chi connectivity index (χ4n) is 2.31. The zero-order valence-electron chi connectivity index (χ0n) is 13.9. The lowest BCUT2D eigenvalue weighted by molar-refractivity contribution is 0.0912. The molecule has 2 N–H and O–H groups in total. The Balaban J connectivity index is 1.87. The summed E-state index contributed by atoms with van der Waals surface area (Å²) in [5.74, 6) is -0.333. The molecule has 1 heterocycles. The molecule has 0 spiro atoms. The summed E-state index contributed by atoms with van der Waals surface area (Å²) < 4.78 is 1.61. The zero-order chi connectivity index (χ0) is 17.0. The van der Waals surface area contributed by atoms with Crippen LogP contribution >= 0.6 is 0 Å². The lowest BCUT2D eigenvalue weighted by atomic mass is 10.1. The van der Waals surface area contributed by atoms with E-state index in [0.717, 1.165) is 5.56 Å². The van der Waals surface area contributed by atoms with Crippen molar-refractivity contribution in [3.8, 4) is 0 Å². The normalized spacial score (nSPS) is 11.8. The van der Waals surface area contributed by atoms with E-state index >= 15 is 0 Å². The third-order valence-electron chi connectivity index (χ3n) is 3.48. The predicted octanol–water partition coefficient (Wildman–Crippen LogP) is 1.59. The lowest BCUT2D eigenvalue weighted by Crippen LogP contribution is -2.41. The van der Waals surface area contributed by atoms with Gasteiger partial charge in [0.2, 0.25) is 0 Å². The van der Waals surface area contributed by atoms with Crippen LogP contribution in [0.5, 0.6) is 0 Å². The fraction of sp³-hybridized carbons (Fsp3) is 0.353. The monoisotopic (exact) mass is 314 g/mol. The van der Waals surface area contributed by atoms with Crippen molar-refractivity contribution in [3.05, 3.63) is 52.8 Å². The van der Waals surface area contributed by atoms with Gasteiger partial charge in [-0.15, -0.1) is 0 Å². The topological polar surface area (TPSA) is 76.0 Å². The molecule has 1 aromatic carbocycles. The van der Waals surface area contributed by atoms with E-state index in [1.165, 1.54) is 0 Å². The van der Waals surface area contributed by atoms with Gasteiger partial charge in [-0.05, 0) is 32.9 Å². The first kappa shape index (κ1) is 16.7. The van der Waals surface area contributed by atoms with Crippen LogP contribution in [0, 0.1) is 13.8 Å². The number of amides is 2. The van der Waals surface area contributed by atoms with Gasteiger partial charge in [-0.1, -0.05) is 17.7 Å². The van der Waals surface area contributed by atoms with Gasteiger partial charge < -0.3 is 10.6 Å². The minimum atomic E-state index is -0.187. The summed E-state index contributed by atoms with van der Waals surface area (Å²) in [6.07, 6.45) is 1.68. The van der Waals surface area contributed by atoms with Gasteiger partial charge in [0.15, 0.2) is 0 Å². The van der Waals surface area contributed by atoms with Crippen LogP contribution in [0.15, 0.2) is 30.5 Å². The minimum Gasteiger partial charge on any atom is -0.350 e. The summed E-state index contributed by atoms with van der Waals surface area (Å²) in [4.78, 5) is 24.2. The van der Waals surface area contributed by atoms with Gasteiger partial charge in [0.1, 0.15) is 0 Å². The van der Waals surface area contributed by atoms with E-state index in [9.17, 15) is 9.59 Å². The summed E-state index contributed by atoms with van der Waals surface area (Å²) in [5, 5.41) is 9.84. The van der Waals surface area contributed by atoms with Crippen LogP contribution in [-0.2, 0) is 7.05 Å². The number of nitrogens with zero attached hydrogens (tertiary/aromatic N) is 2. The zero-order valence-corrected chi connectivity index (χ0v) is 13.9. The summed E-state index contributed by atoms with van der Waals surface area (Å²) in [7, 11) is 1.77. The molecule has 0 aliphatic heterocycles. The molecule has 0 fully saturated rings. The van der Waals surface area contributed by atoms with Crippen LogP contribution in [0.4, 0.5) is 0 Å². The van der Waals surface area contributed by atoms with Crippen LogP contribution in [0.1, 0.15) is 38.9 Å². The number of carbonyl (C=O) groups is 2. The maximum Gasteiger partial charge on any atom is 0.255 e. The van der Waals surface area contributed by atoms with Crippen molar-refractivity contribution in [2.45, 2.75) is 26.8 Å². The van der Waals surface area contributed by atoms with E-state index < -0.39 is 0 Å². The molecule has 0 saturated carbocycles. The standard InChI is InChI=1S/C17H22N4O2/c1-11-6-5-7-14(8-11)16(22)18-9-12(2)19-17(23)15-10-21(4)20-13(15)3/h5-8,10,12H,9H2,1-4H3,(H,18,22)(H,19,23). The third-order valence-corrected chi connectivity index (χ3v) is 3.48. The first-order valence-corrected chi connectivity index (χ1v) is 7.53. The molecule has 1 atom stereocenters. The van der Waals surface area contributed by atoms with Crippen molar-refractivity contribution >= 4 is 11.8 Å². The van der Waals surface area contributed by atoms with E-state index in [-0.39, 0.29) is 17.9 Å². The van der Waals surface area contributed by atoms with Gasteiger partial charge in [0.05, 0.1) is 11.3 Å². The van der Waals surface area contributed by atoms with Crippen LogP contribution in [0.25, 0.3) is 0 Å². The number of nitrogens with one attached hydrogen (secondary N) is 2. The van der Waals surface area contributed by atoms with Crippen LogP contribution in [0.3, 0.4) is 0 Å². The van der Waals surface area contributed by atoms with E-state index in [1.54, 1.807) is 30.9 Å². The average Bonchev–Trinajstić information content (AvgIpc) is 2.83. The molecule has 1 aromatic heterocycles. The first-order chi connectivity index (χ1) is 10.9. The quantitative estimate of drug-likeness (QED) is 0.880. The van der Waals surface area contributed by atoms with Crippen molar-refractivity contribution in [3.63, 3.8) is 0 Å². The molecular weight excluding hydrogens is 292 g/mol. The first-order valence-electron chi connectivity index (χ1n) is 7.53. The second-order valence-corrected chi connectivity index (χ2v) is 5.76. The second-order valence-electron chi connectivity index (χ2n) is 5.76. The summed E-state index contributed by atoms with van der Waals surface area (Å²) >= 11 is 0. The largest absolute Gasteiger partial charge is 0.350 e. The van der Waals surface area contributed by atoms with Crippen molar-refractivity contribution in [1.82, 2.24) is 20.4 Å². The molecule has 6 nitrogen and oxygen atoms in total. The molecule has 6 heteroatoms. The Morgan fingerprint density at radius 1 is 1.26 bits per heavy atom. The highest BCUT2D eigenvalue weighted by Crippen LogP contribution is 2.05. The van der Waals surface area contributed by atoms with E-state index in [4.69, 9.17) is 0 Å². The average molecular weight is 314 g/mol. The lowest BCUT2D eigenvalue weighted by Gasteiger charge is -2.14. The molecule has 0 bridgehead atoms. The Morgan fingerprint density at radius 2 is 2.00 bits per heavy atom. The SMILES string of the molecule is Cc1cccc(C(=O)NCC(C)NC(=O)c2cn(C)nc2C)c1. The number of aryl methyl sites for hydroxylation is 3. The molecule has 2 rings (SSSR count). The molecular formula is C17H22N4O2. The number of benzene rings is 1. The number of aromatic nitrogens is 2.